The molecule has 1 aromatic rings. The fraction of sp³-hybridized carbons (Fsp3) is 0.722. The minimum atomic E-state index is 0.269. The van der Waals surface area contributed by atoms with Crippen molar-refractivity contribution in [2.45, 2.75) is 51.6 Å². The molecule has 0 radical (unpaired) electrons. The largest absolute Gasteiger partial charge is 0.357 e. The number of carbonyl (C=O) groups is 1. The number of aliphatic imine (C=N–C) groups is 1. The average molecular weight is 346 g/mol. The zero-order chi connectivity index (χ0) is 17.6. The summed E-state index contributed by atoms with van der Waals surface area (Å²) in [4.78, 5) is 19.3. The van der Waals surface area contributed by atoms with Crippen LogP contribution in [-0.2, 0) is 18.4 Å². The second kappa shape index (κ2) is 8.36. The standard InChI is InChI=1S/C18H30N6O/c1-3-19-18(20-12-16-8-10-21-23(16)2)22-15-9-11-24(13-15)17(25)14-6-4-5-7-14/h8,10,14-15H,3-7,9,11-13H2,1-2H3,(H2,19,20,22). The van der Waals surface area contributed by atoms with Gasteiger partial charge in [-0.2, -0.15) is 5.10 Å². The number of nitrogens with one attached hydrogen (secondary N) is 2. The zero-order valence-electron chi connectivity index (χ0n) is 15.4. The fourth-order valence-electron chi connectivity index (χ4n) is 3.74. The molecule has 1 amide bonds. The van der Waals surface area contributed by atoms with Crippen LogP contribution in [0.3, 0.4) is 0 Å². The van der Waals surface area contributed by atoms with E-state index in [9.17, 15) is 4.79 Å². The van der Waals surface area contributed by atoms with Gasteiger partial charge < -0.3 is 15.5 Å². The Kier molecular flexibility index (Phi) is 5.94. The molecule has 0 aromatic carbocycles. The van der Waals surface area contributed by atoms with E-state index in [4.69, 9.17) is 0 Å². The topological polar surface area (TPSA) is 74.6 Å². The summed E-state index contributed by atoms with van der Waals surface area (Å²) in [5.74, 6) is 1.44. The van der Waals surface area contributed by atoms with Crippen LogP contribution in [0.25, 0.3) is 0 Å². The molecule has 3 rings (SSSR count). The number of likely N-dealkylation sites (tertiary alicyclic amines) is 1. The maximum Gasteiger partial charge on any atom is 0.225 e. The molecule has 1 aliphatic heterocycles. The quantitative estimate of drug-likeness (QED) is 0.622. The summed E-state index contributed by atoms with van der Waals surface area (Å²) in [6, 6.07) is 2.25. The van der Waals surface area contributed by atoms with Crippen molar-refractivity contribution in [1.82, 2.24) is 25.3 Å². The maximum absolute atomic E-state index is 12.6. The molecule has 1 saturated heterocycles. The van der Waals surface area contributed by atoms with Crippen LogP contribution in [0.4, 0.5) is 0 Å². The summed E-state index contributed by atoms with van der Waals surface area (Å²) < 4.78 is 1.84. The van der Waals surface area contributed by atoms with E-state index in [1.54, 1.807) is 6.20 Å². The minimum Gasteiger partial charge on any atom is -0.357 e. The summed E-state index contributed by atoms with van der Waals surface area (Å²) in [6.45, 7) is 5.10. The number of carbonyl (C=O) groups excluding carboxylic acids is 1. The van der Waals surface area contributed by atoms with Gasteiger partial charge in [0.2, 0.25) is 5.91 Å². The summed E-state index contributed by atoms with van der Waals surface area (Å²) in [5, 5.41) is 11.0. The predicted octanol–water partition coefficient (Wildman–Crippen LogP) is 1.27. The highest BCUT2D eigenvalue weighted by atomic mass is 16.2. The zero-order valence-corrected chi connectivity index (χ0v) is 15.4. The van der Waals surface area contributed by atoms with Gasteiger partial charge in [0.05, 0.1) is 12.2 Å². The van der Waals surface area contributed by atoms with Gasteiger partial charge >= 0.3 is 0 Å². The van der Waals surface area contributed by atoms with Gasteiger partial charge in [-0.25, -0.2) is 4.99 Å². The second-order valence-corrected chi connectivity index (χ2v) is 7.04. The molecular formula is C18H30N6O. The lowest BCUT2D eigenvalue weighted by molar-refractivity contribution is -0.134. The molecule has 1 saturated carbocycles. The maximum atomic E-state index is 12.6. The molecule has 1 aliphatic carbocycles. The van der Waals surface area contributed by atoms with Gasteiger partial charge in [0.1, 0.15) is 0 Å². The lowest BCUT2D eigenvalue weighted by Gasteiger charge is -2.21. The molecule has 138 valence electrons. The van der Waals surface area contributed by atoms with E-state index in [1.165, 1.54) is 12.8 Å². The van der Waals surface area contributed by atoms with Gasteiger partial charge in [-0.3, -0.25) is 9.48 Å². The Morgan fingerprint density at radius 1 is 1.36 bits per heavy atom. The molecule has 1 atom stereocenters. The first-order valence-electron chi connectivity index (χ1n) is 9.48. The number of rotatable bonds is 5. The Hall–Kier alpha value is -2.05. The number of hydrogen-bond acceptors (Lipinski definition) is 3. The monoisotopic (exact) mass is 346 g/mol. The van der Waals surface area contributed by atoms with Gasteiger partial charge in [-0.15, -0.1) is 0 Å². The highest BCUT2D eigenvalue weighted by Gasteiger charge is 2.32. The van der Waals surface area contributed by atoms with Crippen LogP contribution >= 0.6 is 0 Å². The van der Waals surface area contributed by atoms with E-state index in [2.05, 4.69) is 27.6 Å². The van der Waals surface area contributed by atoms with E-state index in [-0.39, 0.29) is 12.0 Å². The summed E-state index contributed by atoms with van der Waals surface area (Å²) >= 11 is 0. The van der Waals surface area contributed by atoms with Crippen LogP contribution < -0.4 is 10.6 Å². The highest BCUT2D eigenvalue weighted by Crippen LogP contribution is 2.27. The van der Waals surface area contributed by atoms with Gasteiger partial charge in [-0.05, 0) is 32.3 Å². The first kappa shape index (κ1) is 17.8. The van der Waals surface area contributed by atoms with E-state index >= 15 is 0 Å². The summed E-state index contributed by atoms with van der Waals surface area (Å²) in [5.41, 5.74) is 1.07. The van der Waals surface area contributed by atoms with Gasteiger partial charge in [-0.1, -0.05) is 12.8 Å². The predicted molar refractivity (Wildman–Crippen MR) is 98.1 cm³/mol. The molecule has 25 heavy (non-hydrogen) atoms. The van der Waals surface area contributed by atoms with Crippen molar-refractivity contribution in [1.29, 1.82) is 0 Å². The molecule has 1 unspecified atom stereocenters. The second-order valence-electron chi connectivity index (χ2n) is 7.04. The molecule has 7 nitrogen and oxygen atoms in total. The van der Waals surface area contributed by atoms with Gasteiger partial charge in [0.25, 0.3) is 0 Å². The van der Waals surface area contributed by atoms with Gasteiger partial charge in [0.15, 0.2) is 5.96 Å². The van der Waals surface area contributed by atoms with Gasteiger partial charge in [0, 0.05) is 44.8 Å². The highest BCUT2D eigenvalue weighted by molar-refractivity contribution is 5.81. The van der Waals surface area contributed by atoms with E-state index in [0.29, 0.717) is 12.5 Å². The number of guanidine groups is 1. The third kappa shape index (κ3) is 4.52. The third-order valence-corrected chi connectivity index (χ3v) is 5.21. The molecule has 2 fully saturated rings. The van der Waals surface area contributed by atoms with Crippen molar-refractivity contribution in [2.24, 2.45) is 18.0 Å². The Morgan fingerprint density at radius 3 is 2.84 bits per heavy atom. The van der Waals surface area contributed by atoms with E-state index in [1.807, 2.05) is 22.7 Å². The van der Waals surface area contributed by atoms with Crippen LogP contribution in [-0.4, -0.2) is 52.2 Å². The Balaban J connectivity index is 1.53. The molecule has 2 aliphatic rings. The first-order valence-corrected chi connectivity index (χ1v) is 9.48. The summed E-state index contributed by atoms with van der Waals surface area (Å²) in [7, 11) is 1.93. The van der Waals surface area contributed by atoms with Crippen molar-refractivity contribution in [3.8, 4) is 0 Å². The van der Waals surface area contributed by atoms with E-state index < -0.39 is 0 Å². The normalized spacial score (nSPS) is 21.8. The minimum absolute atomic E-state index is 0.269. The third-order valence-electron chi connectivity index (χ3n) is 5.21. The Labute approximate surface area is 149 Å². The average Bonchev–Trinajstić information content (AvgIpc) is 3.35. The SMILES string of the molecule is CCNC(=NCc1ccnn1C)NC1CCN(C(=O)C2CCCC2)C1. The smallest absolute Gasteiger partial charge is 0.225 e. The molecule has 2 N–H and O–H groups in total. The van der Waals surface area contributed by atoms with Crippen LogP contribution in [0.2, 0.25) is 0 Å². The Morgan fingerprint density at radius 2 is 2.16 bits per heavy atom. The molecule has 0 spiro atoms. The number of hydrogen-bond donors (Lipinski definition) is 2. The number of aryl methyl sites for hydroxylation is 1. The lowest BCUT2D eigenvalue weighted by Crippen LogP contribution is -2.45. The van der Waals surface area contributed by atoms with E-state index in [0.717, 1.165) is 50.6 Å². The molecule has 0 bridgehead atoms. The summed E-state index contributed by atoms with van der Waals surface area (Å²) in [6.07, 6.45) is 7.32. The van der Waals surface area contributed by atoms with Crippen molar-refractivity contribution < 1.29 is 4.79 Å². The van der Waals surface area contributed by atoms with Crippen LogP contribution in [0.5, 0.6) is 0 Å². The molecular weight excluding hydrogens is 316 g/mol. The van der Waals surface area contributed by atoms with Crippen molar-refractivity contribution >= 4 is 11.9 Å². The molecule has 1 aromatic heterocycles. The lowest BCUT2D eigenvalue weighted by atomic mass is 10.1. The number of aromatic nitrogens is 2. The van der Waals surface area contributed by atoms with Crippen molar-refractivity contribution in [3.63, 3.8) is 0 Å². The molecule has 7 heteroatoms. The van der Waals surface area contributed by atoms with Crippen LogP contribution in [0, 0.1) is 5.92 Å². The fourth-order valence-corrected chi connectivity index (χ4v) is 3.74. The number of amides is 1. The first-order chi connectivity index (χ1) is 12.2. The van der Waals surface area contributed by atoms with Crippen molar-refractivity contribution in [2.75, 3.05) is 19.6 Å². The Bertz CT molecular complexity index is 604. The van der Waals surface area contributed by atoms with Crippen LogP contribution in [0.15, 0.2) is 17.3 Å². The molecule has 2 heterocycles. The number of nitrogens with zero attached hydrogens (tertiary/aromatic N) is 4. The van der Waals surface area contributed by atoms with Crippen LogP contribution in [0.1, 0.15) is 44.7 Å². The van der Waals surface area contributed by atoms with Crippen molar-refractivity contribution in [3.05, 3.63) is 18.0 Å².